The Bertz CT molecular complexity index is 469. The Hall–Kier alpha value is -1.12. The third-order valence-electron chi connectivity index (χ3n) is 4.94. The van der Waals surface area contributed by atoms with Crippen LogP contribution in [0, 0.1) is 5.41 Å². The molecule has 19 heavy (non-hydrogen) atoms. The average molecular weight is 259 g/mol. The van der Waals surface area contributed by atoms with Crippen molar-refractivity contribution < 1.29 is 0 Å². The Labute approximate surface area is 116 Å². The molecule has 0 aromatic carbocycles. The average Bonchev–Trinajstić information content (AvgIpc) is 2.38. The van der Waals surface area contributed by atoms with Crippen molar-refractivity contribution in [1.29, 1.82) is 0 Å². The number of hydrogen-bond donors (Lipinski definition) is 1. The SMILES string of the molecule is CC1(C)CCC(c2nc(N)c3c(n2)CCCC3)CC1. The van der Waals surface area contributed by atoms with Crippen LogP contribution in [-0.2, 0) is 12.8 Å². The third kappa shape index (κ3) is 2.60. The molecular formula is C16H25N3. The largest absolute Gasteiger partial charge is 0.383 e. The summed E-state index contributed by atoms with van der Waals surface area (Å²) in [6, 6.07) is 0. The normalized spacial score (nSPS) is 23.1. The quantitative estimate of drug-likeness (QED) is 0.838. The number of hydrogen-bond acceptors (Lipinski definition) is 3. The van der Waals surface area contributed by atoms with Crippen molar-refractivity contribution in [3.63, 3.8) is 0 Å². The van der Waals surface area contributed by atoms with E-state index < -0.39 is 0 Å². The fourth-order valence-corrected chi connectivity index (χ4v) is 3.48. The minimum absolute atomic E-state index is 0.496. The summed E-state index contributed by atoms with van der Waals surface area (Å²) in [5.74, 6) is 2.31. The van der Waals surface area contributed by atoms with Gasteiger partial charge in [0.25, 0.3) is 0 Å². The molecule has 0 atom stereocenters. The van der Waals surface area contributed by atoms with Gasteiger partial charge in [0.05, 0.1) is 0 Å². The number of nitrogens with zero attached hydrogens (tertiary/aromatic N) is 2. The molecule has 0 radical (unpaired) electrons. The lowest BCUT2D eigenvalue weighted by atomic mass is 9.73. The minimum atomic E-state index is 0.496. The molecule has 0 saturated heterocycles. The molecule has 104 valence electrons. The maximum absolute atomic E-state index is 6.15. The maximum Gasteiger partial charge on any atom is 0.134 e. The van der Waals surface area contributed by atoms with E-state index in [1.807, 2.05) is 0 Å². The van der Waals surface area contributed by atoms with Gasteiger partial charge in [0.15, 0.2) is 0 Å². The summed E-state index contributed by atoms with van der Waals surface area (Å²) >= 11 is 0. The molecule has 2 aliphatic carbocycles. The van der Waals surface area contributed by atoms with Gasteiger partial charge < -0.3 is 5.73 Å². The molecule has 3 nitrogen and oxygen atoms in total. The Morgan fingerprint density at radius 2 is 1.74 bits per heavy atom. The van der Waals surface area contributed by atoms with Crippen molar-refractivity contribution in [3.05, 3.63) is 17.1 Å². The first-order valence-electron chi connectivity index (χ1n) is 7.70. The third-order valence-corrected chi connectivity index (χ3v) is 4.94. The predicted octanol–water partition coefficient (Wildman–Crippen LogP) is 3.62. The van der Waals surface area contributed by atoms with Crippen molar-refractivity contribution in [1.82, 2.24) is 9.97 Å². The van der Waals surface area contributed by atoms with Crippen LogP contribution in [0.2, 0.25) is 0 Å². The number of fused-ring (bicyclic) bond motifs is 1. The molecule has 1 heterocycles. The lowest BCUT2D eigenvalue weighted by molar-refractivity contribution is 0.220. The van der Waals surface area contributed by atoms with Gasteiger partial charge in [-0.15, -0.1) is 0 Å². The fourth-order valence-electron chi connectivity index (χ4n) is 3.48. The van der Waals surface area contributed by atoms with Crippen LogP contribution in [0.3, 0.4) is 0 Å². The van der Waals surface area contributed by atoms with Crippen LogP contribution in [0.15, 0.2) is 0 Å². The molecule has 0 bridgehead atoms. The summed E-state index contributed by atoms with van der Waals surface area (Å²) < 4.78 is 0. The van der Waals surface area contributed by atoms with Crippen LogP contribution in [0.1, 0.15) is 75.4 Å². The molecule has 0 aliphatic heterocycles. The van der Waals surface area contributed by atoms with Gasteiger partial charge in [0.2, 0.25) is 0 Å². The second-order valence-corrected chi connectivity index (χ2v) is 7.04. The number of aryl methyl sites for hydroxylation is 1. The zero-order valence-electron chi connectivity index (χ0n) is 12.2. The van der Waals surface area contributed by atoms with Crippen molar-refractivity contribution in [2.45, 2.75) is 71.1 Å². The van der Waals surface area contributed by atoms with Crippen LogP contribution < -0.4 is 5.73 Å². The summed E-state index contributed by atoms with van der Waals surface area (Å²) in [4.78, 5) is 9.48. The Balaban J connectivity index is 1.84. The molecule has 1 aromatic heterocycles. The van der Waals surface area contributed by atoms with Crippen LogP contribution in [0.5, 0.6) is 0 Å². The molecule has 0 unspecified atom stereocenters. The van der Waals surface area contributed by atoms with Gasteiger partial charge >= 0.3 is 0 Å². The number of nitrogen functional groups attached to an aromatic ring is 1. The van der Waals surface area contributed by atoms with E-state index in [2.05, 4.69) is 18.8 Å². The first kappa shape index (κ1) is 12.9. The summed E-state index contributed by atoms with van der Waals surface area (Å²) in [6.07, 6.45) is 9.62. The highest BCUT2D eigenvalue weighted by Gasteiger charge is 2.30. The standard InChI is InChI=1S/C16H25N3/c1-16(2)9-7-11(8-10-16)15-18-13-6-4-3-5-12(13)14(17)19-15/h11H,3-10H2,1-2H3,(H2,17,18,19). The minimum Gasteiger partial charge on any atom is -0.383 e. The zero-order valence-corrected chi connectivity index (χ0v) is 12.2. The monoisotopic (exact) mass is 259 g/mol. The molecule has 1 saturated carbocycles. The van der Waals surface area contributed by atoms with Crippen LogP contribution >= 0.6 is 0 Å². The lowest BCUT2D eigenvalue weighted by Crippen LogP contribution is -2.23. The van der Waals surface area contributed by atoms with Crippen molar-refractivity contribution in [2.24, 2.45) is 5.41 Å². The van der Waals surface area contributed by atoms with Gasteiger partial charge in [0.1, 0.15) is 11.6 Å². The van der Waals surface area contributed by atoms with E-state index >= 15 is 0 Å². The molecule has 1 aromatic rings. The van der Waals surface area contributed by atoms with Crippen molar-refractivity contribution in [2.75, 3.05) is 5.73 Å². The molecular weight excluding hydrogens is 234 g/mol. The highest BCUT2D eigenvalue weighted by atomic mass is 15.0. The second-order valence-electron chi connectivity index (χ2n) is 7.04. The van der Waals surface area contributed by atoms with E-state index in [0.29, 0.717) is 11.3 Å². The first-order valence-corrected chi connectivity index (χ1v) is 7.70. The van der Waals surface area contributed by atoms with E-state index in [4.69, 9.17) is 10.7 Å². The summed E-state index contributed by atoms with van der Waals surface area (Å²) in [6.45, 7) is 4.73. The second kappa shape index (κ2) is 4.77. The molecule has 3 heteroatoms. The van der Waals surface area contributed by atoms with Gasteiger partial charge in [0, 0.05) is 17.2 Å². The number of nitrogens with two attached hydrogens (primary N) is 1. The molecule has 0 amide bonds. The maximum atomic E-state index is 6.15. The Kier molecular flexibility index (Phi) is 3.23. The predicted molar refractivity (Wildman–Crippen MR) is 78.1 cm³/mol. The summed E-state index contributed by atoms with van der Waals surface area (Å²) in [5, 5.41) is 0. The van der Waals surface area contributed by atoms with E-state index in [0.717, 1.165) is 24.5 Å². The van der Waals surface area contributed by atoms with Gasteiger partial charge in [-0.3, -0.25) is 0 Å². The van der Waals surface area contributed by atoms with Gasteiger partial charge in [-0.2, -0.15) is 0 Å². The van der Waals surface area contributed by atoms with Gasteiger partial charge in [-0.1, -0.05) is 13.8 Å². The fraction of sp³-hybridized carbons (Fsp3) is 0.750. The van der Waals surface area contributed by atoms with E-state index in [-0.39, 0.29) is 0 Å². The van der Waals surface area contributed by atoms with Crippen LogP contribution in [-0.4, -0.2) is 9.97 Å². The Morgan fingerprint density at radius 3 is 2.47 bits per heavy atom. The number of anilines is 1. The summed E-state index contributed by atoms with van der Waals surface area (Å²) in [7, 11) is 0. The first-order chi connectivity index (χ1) is 9.05. The molecule has 2 N–H and O–H groups in total. The van der Waals surface area contributed by atoms with E-state index in [1.54, 1.807) is 0 Å². The van der Waals surface area contributed by atoms with Crippen molar-refractivity contribution >= 4 is 5.82 Å². The molecule has 3 rings (SSSR count). The molecule has 2 aliphatic rings. The van der Waals surface area contributed by atoms with E-state index in [1.165, 1.54) is 49.8 Å². The highest BCUT2D eigenvalue weighted by molar-refractivity contribution is 5.43. The Morgan fingerprint density at radius 1 is 1.05 bits per heavy atom. The zero-order chi connectivity index (χ0) is 13.5. The smallest absolute Gasteiger partial charge is 0.134 e. The van der Waals surface area contributed by atoms with Crippen LogP contribution in [0.25, 0.3) is 0 Å². The lowest BCUT2D eigenvalue weighted by Gasteiger charge is -2.34. The van der Waals surface area contributed by atoms with Crippen molar-refractivity contribution in [3.8, 4) is 0 Å². The number of aromatic nitrogens is 2. The number of rotatable bonds is 1. The van der Waals surface area contributed by atoms with Gasteiger partial charge in [-0.05, 0) is 56.8 Å². The molecule has 1 fully saturated rings. The topological polar surface area (TPSA) is 51.8 Å². The highest BCUT2D eigenvalue weighted by Crippen LogP contribution is 2.42. The van der Waals surface area contributed by atoms with Gasteiger partial charge in [-0.25, -0.2) is 9.97 Å². The van der Waals surface area contributed by atoms with E-state index in [9.17, 15) is 0 Å². The van der Waals surface area contributed by atoms with Crippen LogP contribution in [0.4, 0.5) is 5.82 Å². The molecule has 0 spiro atoms. The summed E-state index contributed by atoms with van der Waals surface area (Å²) in [5.41, 5.74) is 9.11.